The van der Waals surface area contributed by atoms with E-state index in [-0.39, 0.29) is 17.9 Å². The van der Waals surface area contributed by atoms with Crippen LogP contribution >= 0.6 is 0 Å². The Bertz CT molecular complexity index is 1350. The molecule has 2 atom stereocenters. The molecule has 190 valence electrons. The van der Waals surface area contributed by atoms with Gasteiger partial charge in [0.2, 0.25) is 15.9 Å². The minimum atomic E-state index is -4.28. The maximum absolute atomic E-state index is 14.2. The fourth-order valence-corrected chi connectivity index (χ4v) is 5.56. The third-order valence-electron chi connectivity index (χ3n) is 5.70. The molecule has 0 spiro atoms. The van der Waals surface area contributed by atoms with Crippen LogP contribution in [0.5, 0.6) is 0 Å². The van der Waals surface area contributed by atoms with Gasteiger partial charge in [0.25, 0.3) is 6.43 Å². The van der Waals surface area contributed by atoms with E-state index in [4.69, 9.17) is 0 Å². The minimum Gasteiger partial charge on any atom is -0.351 e. The maximum atomic E-state index is 14.2. The first kappa shape index (κ1) is 25.7. The highest BCUT2D eigenvalue weighted by molar-refractivity contribution is 7.89. The lowest BCUT2D eigenvalue weighted by atomic mass is 10.0. The van der Waals surface area contributed by atoms with Crippen LogP contribution < -0.4 is 5.32 Å². The van der Waals surface area contributed by atoms with E-state index in [0.29, 0.717) is 16.7 Å². The van der Waals surface area contributed by atoms with E-state index < -0.39 is 58.4 Å². The van der Waals surface area contributed by atoms with Crippen LogP contribution in [0.1, 0.15) is 24.1 Å². The van der Waals surface area contributed by atoms with Crippen molar-refractivity contribution >= 4 is 15.9 Å². The van der Waals surface area contributed by atoms with Crippen LogP contribution in [-0.2, 0) is 21.4 Å². The molecule has 0 aliphatic carbocycles. The molecule has 1 fully saturated rings. The summed E-state index contributed by atoms with van der Waals surface area (Å²) in [4.78, 5) is 16.2. The summed E-state index contributed by atoms with van der Waals surface area (Å²) in [5.41, 5.74) is 0.585. The topological polar surface area (TPSA) is 79.4 Å². The molecule has 2 heterocycles. The van der Waals surface area contributed by atoms with Crippen molar-refractivity contribution in [3.05, 3.63) is 83.7 Å². The van der Waals surface area contributed by atoms with E-state index in [0.717, 1.165) is 40.7 Å². The average Bonchev–Trinajstić information content (AvgIpc) is 3.25. The normalized spacial score (nSPS) is 18.5. The van der Waals surface area contributed by atoms with Crippen molar-refractivity contribution in [1.29, 1.82) is 0 Å². The number of hydrogen-bond donors (Lipinski definition) is 1. The molecule has 0 saturated carbocycles. The fraction of sp³-hybridized carbons (Fsp3) is 0.250. The van der Waals surface area contributed by atoms with Gasteiger partial charge in [-0.1, -0.05) is 6.07 Å². The third kappa shape index (κ3) is 5.54. The first-order chi connectivity index (χ1) is 17.0. The van der Waals surface area contributed by atoms with Gasteiger partial charge >= 0.3 is 0 Å². The van der Waals surface area contributed by atoms with E-state index >= 15 is 0 Å². The summed E-state index contributed by atoms with van der Waals surface area (Å²) in [5, 5.41) is 2.50. The lowest BCUT2D eigenvalue weighted by Gasteiger charge is -2.23. The first-order valence-corrected chi connectivity index (χ1v) is 12.2. The smallest absolute Gasteiger partial charge is 0.280 e. The number of sulfonamides is 1. The average molecular weight is 525 g/mol. The Balaban J connectivity index is 1.50. The second-order valence-electron chi connectivity index (χ2n) is 8.22. The number of carbonyl (C=O) groups is 1. The van der Waals surface area contributed by atoms with E-state index in [9.17, 15) is 35.2 Å². The third-order valence-corrected chi connectivity index (χ3v) is 7.58. The molecule has 4 rings (SSSR count). The molecular weight excluding hydrogens is 505 g/mol. The molecule has 1 saturated heterocycles. The zero-order valence-corrected chi connectivity index (χ0v) is 19.4. The lowest BCUT2D eigenvalue weighted by molar-refractivity contribution is -0.124. The summed E-state index contributed by atoms with van der Waals surface area (Å²) in [6.07, 6.45) is -3.52. The molecule has 1 amide bonds. The number of carbonyl (C=O) groups excluding carboxylic acids is 1. The number of aromatic nitrogens is 1. The van der Waals surface area contributed by atoms with E-state index in [2.05, 4.69) is 10.3 Å². The van der Waals surface area contributed by atoms with Gasteiger partial charge in [-0.2, -0.15) is 4.31 Å². The number of pyridine rings is 1. The summed E-state index contributed by atoms with van der Waals surface area (Å²) >= 11 is 0. The molecule has 1 N–H and O–H groups in total. The van der Waals surface area contributed by atoms with Gasteiger partial charge in [-0.05, 0) is 59.7 Å². The Morgan fingerprint density at radius 3 is 2.39 bits per heavy atom. The number of halogens is 5. The molecule has 0 bridgehead atoms. The number of rotatable bonds is 7. The number of amides is 1. The number of alkyl halides is 3. The van der Waals surface area contributed by atoms with Gasteiger partial charge in [0.15, 0.2) is 0 Å². The van der Waals surface area contributed by atoms with Crippen LogP contribution in [0, 0.1) is 11.6 Å². The maximum Gasteiger partial charge on any atom is 0.280 e. The molecular formula is C24H20F5N3O3S. The van der Waals surface area contributed by atoms with Gasteiger partial charge in [0.05, 0.1) is 4.90 Å². The van der Waals surface area contributed by atoms with Crippen molar-refractivity contribution in [3.8, 4) is 11.1 Å². The summed E-state index contributed by atoms with van der Waals surface area (Å²) < 4.78 is 93.7. The second-order valence-corrected chi connectivity index (χ2v) is 10.1. The van der Waals surface area contributed by atoms with Crippen LogP contribution in [0.25, 0.3) is 11.1 Å². The van der Waals surface area contributed by atoms with Gasteiger partial charge in [-0.25, -0.2) is 30.4 Å². The molecule has 0 radical (unpaired) electrons. The van der Waals surface area contributed by atoms with Gasteiger partial charge in [0, 0.05) is 31.3 Å². The van der Waals surface area contributed by atoms with Gasteiger partial charge in [-0.15, -0.1) is 0 Å². The highest BCUT2D eigenvalue weighted by Gasteiger charge is 2.44. The van der Waals surface area contributed by atoms with E-state index in [1.165, 1.54) is 24.4 Å². The van der Waals surface area contributed by atoms with Crippen LogP contribution in [0.4, 0.5) is 22.0 Å². The van der Waals surface area contributed by atoms with Gasteiger partial charge in [0.1, 0.15) is 29.5 Å². The van der Waals surface area contributed by atoms with Crippen molar-refractivity contribution in [2.75, 3.05) is 6.54 Å². The van der Waals surface area contributed by atoms with Crippen molar-refractivity contribution in [3.63, 3.8) is 0 Å². The highest BCUT2D eigenvalue weighted by atomic mass is 32.2. The Morgan fingerprint density at radius 1 is 1.03 bits per heavy atom. The predicted molar refractivity (Wildman–Crippen MR) is 120 cm³/mol. The van der Waals surface area contributed by atoms with Crippen molar-refractivity contribution < 1.29 is 35.2 Å². The zero-order chi connectivity index (χ0) is 26.0. The highest BCUT2D eigenvalue weighted by Crippen LogP contribution is 2.29. The number of nitrogens with zero attached hydrogens (tertiary/aromatic N) is 2. The van der Waals surface area contributed by atoms with Crippen molar-refractivity contribution in [2.45, 2.75) is 36.5 Å². The first-order valence-electron chi connectivity index (χ1n) is 10.8. The quantitative estimate of drug-likeness (QED) is 0.465. The Morgan fingerprint density at radius 2 is 1.75 bits per heavy atom. The molecule has 6 nitrogen and oxygen atoms in total. The zero-order valence-electron chi connectivity index (χ0n) is 18.5. The van der Waals surface area contributed by atoms with Crippen molar-refractivity contribution in [2.24, 2.45) is 0 Å². The summed E-state index contributed by atoms with van der Waals surface area (Å²) in [6, 6.07) is 8.92. The SMILES string of the molecule is O=C(NCc1cc(F)cc(-c2ccc(C(F)F)nc2)c1)[C@@H]1C[C@@H](F)CN1S(=O)(=O)c1ccc(F)cc1. The molecule has 1 aliphatic heterocycles. The molecule has 0 unspecified atom stereocenters. The summed E-state index contributed by atoms with van der Waals surface area (Å²) in [7, 11) is -4.28. The molecule has 1 aromatic heterocycles. The predicted octanol–water partition coefficient (Wildman–Crippen LogP) is 4.38. The summed E-state index contributed by atoms with van der Waals surface area (Å²) in [5.74, 6) is -2.09. The van der Waals surface area contributed by atoms with E-state index in [1.807, 2.05) is 0 Å². The number of benzene rings is 2. The summed E-state index contributed by atoms with van der Waals surface area (Å²) in [6.45, 7) is -0.743. The molecule has 1 aliphatic rings. The van der Waals surface area contributed by atoms with E-state index in [1.54, 1.807) is 0 Å². The van der Waals surface area contributed by atoms with Crippen LogP contribution in [0.15, 0.2) is 65.7 Å². The molecule has 36 heavy (non-hydrogen) atoms. The minimum absolute atomic E-state index is 0.204. The van der Waals surface area contributed by atoms with Gasteiger partial charge < -0.3 is 5.32 Å². The molecule has 3 aromatic rings. The number of hydrogen-bond acceptors (Lipinski definition) is 4. The van der Waals surface area contributed by atoms with Crippen molar-refractivity contribution in [1.82, 2.24) is 14.6 Å². The molecule has 12 heteroatoms. The fourth-order valence-electron chi connectivity index (χ4n) is 3.93. The van der Waals surface area contributed by atoms with Gasteiger partial charge in [-0.3, -0.25) is 9.78 Å². The standard InChI is InChI=1S/C24H20F5N3O3S/c25-17-2-4-20(5-3-17)36(34,35)32-13-19(27)10-22(32)24(33)31-11-14-7-16(9-18(26)8-14)15-1-6-21(23(28)29)30-12-15/h1-9,12,19,22-23H,10-11,13H2,(H,31,33)/t19-,22+/m1/s1. The number of nitrogens with one attached hydrogen (secondary N) is 1. The lowest BCUT2D eigenvalue weighted by Crippen LogP contribution is -2.45. The monoisotopic (exact) mass is 525 g/mol. The Kier molecular flexibility index (Phi) is 7.36. The second kappa shape index (κ2) is 10.3. The Labute approximate surface area is 203 Å². The Hall–Kier alpha value is -3.38. The molecule has 2 aromatic carbocycles. The van der Waals surface area contributed by atoms with Crippen LogP contribution in [-0.4, -0.2) is 42.4 Å². The largest absolute Gasteiger partial charge is 0.351 e. The van der Waals surface area contributed by atoms with Crippen LogP contribution in [0.2, 0.25) is 0 Å². The van der Waals surface area contributed by atoms with Crippen LogP contribution in [0.3, 0.4) is 0 Å².